The van der Waals surface area contributed by atoms with Gasteiger partial charge in [-0.15, -0.1) is 0 Å². The first-order valence-electron chi connectivity index (χ1n) is 8.72. The molecule has 30 heavy (non-hydrogen) atoms. The number of H-pyrrole nitrogens is 1. The topological polar surface area (TPSA) is 86.9 Å². The summed E-state index contributed by atoms with van der Waals surface area (Å²) >= 11 is 3.37. The molecule has 0 radical (unpaired) electrons. The highest BCUT2D eigenvalue weighted by Gasteiger charge is 2.28. The molecule has 156 valence electrons. The standard InChI is InChI=1S/C20H16BrF3N4O2/c1-11-7-8-13(18(29)25-10-20(22,23)24)9-14(11)26-19(30)17-15(21)16(27-28-17)12-5-3-2-4-6-12/h2-9H,10H2,1H3,(H,25,29)(H,26,30)(H,27,28). The van der Waals surface area contributed by atoms with Gasteiger partial charge < -0.3 is 10.6 Å². The van der Waals surface area contributed by atoms with Gasteiger partial charge in [-0.25, -0.2) is 0 Å². The molecular formula is C20H16BrF3N4O2. The number of aryl methyl sites for hydroxylation is 1. The molecule has 0 aliphatic heterocycles. The normalized spacial score (nSPS) is 11.2. The smallest absolute Gasteiger partial charge is 0.343 e. The summed E-state index contributed by atoms with van der Waals surface area (Å²) in [7, 11) is 0. The van der Waals surface area contributed by atoms with Gasteiger partial charge in [0.15, 0.2) is 0 Å². The Balaban J connectivity index is 1.79. The SMILES string of the molecule is Cc1ccc(C(=O)NCC(F)(F)F)cc1NC(=O)c1[nH]nc(-c2ccccc2)c1Br. The van der Waals surface area contributed by atoms with Crippen LogP contribution in [0.5, 0.6) is 0 Å². The number of alkyl halides is 3. The van der Waals surface area contributed by atoms with Gasteiger partial charge in [-0.1, -0.05) is 36.4 Å². The zero-order valence-corrected chi connectivity index (χ0v) is 17.2. The number of amides is 2. The summed E-state index contributed by atoms with van der Waals surface area (Å²) in [5.74, 6) is -1.41. The molecule has 10 heteroatoms. The van der Waals surface area contributed by atoms with Gasteiger partial charge >= 0.3 is 6.18 Å². The second-order valence-corrected chi connectivity index (χ2v) is 7.20. The first-order valence-corrected chi connectivity index (χ1v) is 9.51. The molecule has 0 saturated heterocycles. The van der Waals surface area contributed by atoms with Gasteiger partial charge in [0.25, 0.3) is 11.8 Å². The number of benzene rings is 2. The van der Waals surface area contributed by atoms with Crippen molar-refractivity contribution in [2.45, 2.75) is 13.1 Å². The fourth-order valence-electron chi connectivity index (χ4n) is 2.63. The van der Waals surface area contributed by atoms with Crippen molar-refractivity contribution >= 4 is 33.4 Å². The highest BCUT2D eigenvalue weighted by Crippen LogP contribution is 2.29. The summed E-state index contributed by atoms with van der Waals surface area (Å²) < 4.78 is 37.4. The number of rotatable bonds is 5. The Hall–Kier alpha value is -3.14. The van der Waals surface area contributed by atoms with Crippen molar-refractivity contribution < 1.29 is 22.8 Å². The first-order chi connectivity index (χ1) is 14.2. The number of aromatic nitrogens is 2. The molecule has 0 fully saturated rings. The maximum atomic E-state index is 12.7. The van der Waals surface area contributed by atoms with Crippen molar-refractivity contribution in [2.24, 2.45) is 0 Å². The Labute approximate surface area is 178 Å². The second-order valence-electron chi connectivity index (χ2n) is 6.41. The largest absolute Gasteiger partial charge is 0.405 e. The Morgan fingerprint density at radius 2 is 1.80 bits per heavy atom. The molecule has 0 saturated carbocycles. The number of carbonyl (C=O) groups is 2. The Bertz CT molecular complexity index is 1080. The van der Waals surface area contributed by atoms with E-state index >= 15 is 0 Å². The Morgan fingerprint density at radius 1 is 1.10 bits per heavy atom. The molecule has 0 unspecified atom stereocenters. The van der Waals surface area contributed by atoms with Crippen molar-refractivity contribution in [3.05, 3.63) is 69.8 Å². The van der Waals surface area contributed by atoms with Gasteiger partial charge in [0.2, 0.25) is 0 Å². The molecule has 0 aliphatic rings. The van der Waals surface area contributed by atoms with Gasteiger partial charge in [-0.05, 0) is 40.5 Å². The van der Waals surface area contributed by atoms with Crippen LogP contribution in [-0.4, -0.2) is 34.7 Å². The van der Waals surface area contributed by atoms with E-state index in [1.165, 1.54) is 18.2 Å². The minimum Gasteiger partial charge on any atom is -0.343 e. The zero-order chi connectivity index (χ0) is 21.9. The predicted octanol–water partition coefficient (Wildman–Crippen LogP) is 4.69. The lowest BCUT2D eigenvalue weighted by molar-refractivity contribution is -0.123. The van der Waals surface area contributed by atoms with Gasteiger partial charge in [0, 0.05) is 16.8 Å². The summed E-state index contributed by atoms with van der Waals surface area (Å²) in [6.07, 6.45) is -4.51. The fourth-order valence-corrected chi connectivity index (χ4v) is 3.22. The van der Waals surface area contributed by atoms with Crippen LogP contribution in [-0.2, 0) is 0 Å². The summed E-state index contributed by atoms with van der Waals surface area (Å²) in [5, 5.41) is 11.3. The molecular weight excluding hydrogens is 465 g/mol. The Kier molecular flexibility index (Phi) is 6.25. The van der Waals surface area contributed by atoms with Crippen molar-refractivity contribution in [1.29, 1.82) is 0 Å². The lowest BCUT2D eigenvalue weighted by Gasteiger charge is -2.12. The third-order valence-electron chi connectivity index (χ3n) is 4.18. The number of halogens is 4. The molecule has 3 aromatic rings. The minimum absolute atomic E-state index is 0.00574. The number of nitrogens with one attached hydrogen (secondary N) is 3. The number of anilines is 1. The van der Waals surface area contributed by atoms with Crippen LogP contribution >= 0.6 is 15.9 Å². The monoisotopic (exact) mass is 480 g/mol. The third-order valence-corrected chi connectivity index (χ3v) is 4.95. The summed E-state index contributed by atoms with van der Waals surface area (Å²) in [6, 6.07) is 13.5. The average Bonchev–Trinajstić information content (AvgIpc) is 3.09. The number of hydrogen-bond donors (Lipinski definition) is 3. The van der Waals surface area contributed by atoms with E-state index < -0.39 is 24.5 Å². The molecule has 0 spiro atoms. The average molecular weight is 481 g/mol. The van der Waals surface area contributed by atoms with Crippen LogP contribution < -0.4 is 10.6 Å². The van der Waals surface area contributed by atoms with Gasteiger partial charge in [-0.3, -0.25) is 14.7 Å². The molecule has 3 N–H and O–H groups in total. The molecule has 1 aromatic heterocycles. The van der Waals surface area contributed by atoms with Crippen LogP contribution in [0.15, 0.2) is 53.0 Å². The molecule has 0 aliphatic carbocycles. The number of aromatic amines is 1. The molecule has 0 atom stereocenters. The lowest BCUT2D eigenvalue weighted by atomic mass is 10.1. The molecule has 1 heterocycles. The van der Waals surface area contributed by atoms with E-state index in [1.54, 1.807) is 12.2 Å². The lowest BCUT2D eigenvalue weighted by Crippen LogP contribution is -2.33. The van der Waals surface area contributed by atoms with E-state index in [0.717, 1.165) is 5.56 Å². The minimum atomic E-state index is -4.51. The molecule has 2 amide bonds. The summed E-state index contributed by atoms with van der Waals surface area (Å²) in [6.45, 7) is 0.259. The van der Waals surface area contributed by atoms with Gasteiger partial charge in [0.05, 0.1) is 4.47 Å². The Morgan fingerprint density at radius 3 is 2.47 bits per heavy atom. The summed E-state index contributed by atoms with van der Waals surface area (Å²) in [4.78, 5) is 24.7. The van der Waals surface area contributed by atoms with Crippen molar-refractivity contribution in [3.63, 3.8) is 0 Å². The van der Waals surface area contributed by atoms with Crippen molar-refractivity contribution in [1.82, 2.24) is 15.5 Å². The predicted molar refractivity (Wildman–Crippen MR) is 109 cm³/mol. The van der Waals surface area contributed by atoms with E-state index in [9.17, 15) is 22.8 Å². The van der Waals surface area contributed by atoms with Crippen LogP contribution in [0, 0.1) is 6.92 Å². The van der Waals surface area contributed by atoms with Crippen LogP contribution in [0.25, 0.3) is 11.3 Å². The van der Waals surface area contributed by atoms with Crippen LogP contribution in [0.2, 0.25) is 0 Å². The molecule has 2 aromatic carbocycles. The number of hydrogen-bond acceptors (Lipinski definition) is 3. The first kappa shape index (κ1) is 21.6. The molecule has 0 bridgehead atoms. The maximum absolute atomic E-state index is 12.7. The van der Waals surface area contributed by atoms with Crippen LogP contribution in [0.4, 0.5) is 18.9 Å². The maximum Gasteiger partial charge on any atom is 0.405 e. The third kappa shape index (κ3) is 5.07. The number of carbonyl (C=O) groups excluding carboxylic acids is 2. The molecule has 3 rings (SSSR count). The van der Waals surface area contributed by atoms with Crippen LogP contribution in [0.3, 0.4) is 0 Å². The van der Waals surface area contributed by atoms with E-state index in [1.807, 2.05) is 30.3 Å². The van der Waals surface area contributed by atoms with Crippen LogP contribution in [0.1, 0.15) is 26.4 Å². The van der Waals surface area contributed by atoms with Gasteiger partial charge in [-0.2, -0.15) is 18.3 Å². The second kappa shape index (κ2) is 8.70. The van der Waals surface area contributed by atoms with E-state index in [2.05, 4.69) is 31.4 Å². The van der Waals surface area contributed by atoms with E-state index in [4.69, 9.17) is 0 Å². The highest BCUT2D eigenvalue weighted by atomic mass is 79.9. The van der Waals surface area contributed by atoms with E-state index in [0.29, 0.717) is 21.4 Å². The van der Waals surface area contributed by atoms with Gasteiger partial charge in [0.1, 0.15) is 17.9 Å². The quantitative estimate of drug-likeness (QED) is 0.494. The molecule has 6 nitrogen and oxygen atoms in total. The van der Waals surface area contributed by atoms with Crippen molar-refractivity contribution in [2.75, 3.05) is 11.9 Å². The zero-order valence-electron chi connectivity index (χ0n) is 15.6. The highest BCUT2D eigenvalue weighted by molar-refractivity contribution is 9.10. The number of nitrogens with zero attached hydrogens (tertiary/aromatic N) is 1. The van der Waals surface area contributed by atoms with Crippen molar-refractivity contribution in [3.8, 4) is 11.3 Å². The fraction of sp³-hybridized carbons (Fsp3) is 0.150. The van der Waals surface area contributed by atoms with E-state index in [-0.39, 0.29) is 11.3 Å². The summed E-state index contributed by atoms with van der Waals surface area (Å²) in [5.41, 5.74) is 2.45.